The van der Waals surface area contributed by atoms with Crippen LogP contribution in [0.2, 0.25) is 0 Å². The second-order valence-corrected chi connectivity index (χ2v) is 6.77. The molecule has 0 amide bonds. The van der Waals surface area contributed by atoms with Gasteiger partial charge in [0.15, 0.2) is 0 Å². The van der Waals surface area contributed by atoms with Crippen LogP contribution < -0.4 is 0 Å². The molecule has 0 fully saturated rings. The van der Waals surface area contributed by atoms with Gasteiger partial charge in [-0.15, -0.1) is 0 Å². The zero-order valence-corrected chi connectivity index (χ0v) is 11.6. The van der Waals surface area contributed by atoms with Crippen LogP contribution in [-0.2, 0) is 10.1 Å². The Morgan fingerprint density at radius 3 is 1.94 bits per heavy atom. The summed E-state index contributed by atoms with van der Waals surface area (Å²) in [5, 5.41) is 0. The highest BCUT2D eigenvalue weighted by molar-refractivity contribution is 7.87. The van der Waals surface area contributed by atoms with Crippen molar-refractivity contribution in [3.8, 4) is 0 Å². The average molecular weight is 250 g/mol. The van der Waals surface area contributed by atoms with Gasteiger partial charge in [0, 0.05) is 0 Å². The maximum Gasteiger partial charge on any atom is 0.270 e. The van der Waals surface area contributed by atoms with Crippen LogP contribution in [0.5, 0.6) is 0 Å². The first-order chi connectivity index (χ1) is 7.37. The summed E-state index contributed by atoms with van der Waals surface area (Å²) in [7, 11) is -3.92. The Hall–Kier alpha value is -0.0900. The van der Waals surface area contributed by atoms with E-state index in [1.54, 1.807) is 6.92 Å². The van der Waals surface area contributed by atoms with Gasteiger partial charge in [-0.25, -0.2) is 0 Å². The van der Waals surface area contributed by atoms with Gasteiger partial charge in [-0.1, -0.05) is 52.4 Å². The minimum absolute atomic E-state index is 0.541. The molecule has 3 nitrogen and oxygen atoms in total. The Kier molecular flexibility index (Phi) is 7.24. The van der Waals surface area contributed by atoms with Crippen LogP contribution in [0.15, 0.2) is 0 Å². The highest BCUT2D eigenvalue weighted by Gasteiger charge is 2.36. The van der Waals surface area contributed by atoms with Crippen molar-refractivity contribution in [1.82, 2.24) is 0 Å². The van der Waals surface area contributed by atoms with Gasteiger partial charge in [0.1, 0.15) is 0 Å². The maximum atomic E-state index is 11.3. The van der Waals surface area contributed by atoms with E-state index in [1.165, 1.54) is 12.8 Å². The molecule has 0 aromatic carbocycles. The summed E-state index contributed by atoms with van der Waals surface area (Å²) < 4.78 is 30.9. The van der Waals surface area contributed by atoms with Crippen molar-refractivity contribution in [2.45, 2.75) is 76.9 Å². The molecule has 0 saturated heterocycles. The topological polar surface area (TPSA) is 54.4 Å². The zero-order chi connectivity index (χ0) is 12.7. The van der Waals surface area contributed by atoms with Crippen molar-refractivity contribution in [1.29, 1.82) is 0 Å². The Bertz CT molecular complexity index is 272. The van der Waals surface area contributed by atoms with Crippen LogP contribution in [0.3, 0.4) is 0 Å². The summed E-state index contributed by atoms with van der Waals surface area (Å²) in [5.41, 5.74) is 0. The van der Waals surface area contributed by atoms with Gasteiger partial charge in [-0.05, 0) is 19.8 Å². The van der Waals surface area contributed by atoms with E-state index >= 15 is 0 Å². The van der Waals surface area contributed by atoms with Crippen molar-refractivity contribution in [2.24, 2.45) is 0 Å². The van der Waals surface area contributed by atoms with Gasteiger partial charge in [-0.3, -0.25) is 4.55 Å². The maximum absolute atomic E-state index is 11.3. The van der Waals surface area contributed by atoms with Gasteiger partial charge >= 0.3 is 0 Å². The van der Waals surface area contributed by atoms with Crippen molar-refractivity contribution in [3.63, 3.8) is 0 Å². The molecule has 0 aromatic heterocycles. The molecule has 0 radical (unpaired) electrons. The van der Waals surface area contributed by atoms with E-state index in [2.05, 4.69) is 6.92 Å². The number of rotatable bonds is 9. The predicted octanol–water partition coefficient (Wildman–Crippen LogP) is 3.79. The van der Waals surface area contributed by atoms with Gasteiger partial charge in [0.05, 0.1) is 4.75 Å². The minimum atomic E-state index is -3.92. The molecule has 0 heterocycles. The van der Waals surface area contributed by atoms with Crippen molar-refractivity contribution in [3.05, 3.63) is 0 Å². The fourth-order valence-corrected chi connectivity index (χ4v) is 2.88. The van der Waals surface area contributed by atoms with Crippen molar-refractivity contribution >= 4 is 10.1 Å². The normalized spacial score (nSPS) is 16.0. The largest absolute Gasteiger partial charge is 0.285 e. The van der Waals surface area contributed by atoms with E-state index in [1.807, 2.05) is 6.92 Å². The molecule has 0 aliphatic rings. The summed E-state index contributed by atoms with van der Waals surface area (Å²) in [6, 6.07) is 0. The predicted molar refractivity (Wildman–Crippen MR) is 68.2 cm³/mol. The van der Waals surface area contributed by atoms with Gasteiger partial charge in [-0.2, -0.15) is 8.42 Å². The molecule has 0 rings (SSSR count). The van der Waals surface area contributed by atoms with Crippen LogP contribution in [0.4, 0.5) is 0 Å². The quantitative estimate of drug-likeness (QED) is 0.500. The Morgan fingerprint density at radius 1 is 0.938 bits per heavy atom. The van der Waals surface area contributed by atoms with E-state index < -0.39 is 14.9 Å². The molecular weight excluding hydrogens is 224 g/mol. The number of hydrogen-bond acceptors (Lipinski definition) is 2. The van der Waals surface area contributed by atoms with Crippen LogP contribution in [0, 0.1) is 0 Å². The molecule has 0 aromatic rings. The van der Waals surface area contributed by atoms with E-state index in [-0.39, 0.29) is 0 Å². The minimum Gasteiger partial charge on any atom is -0.285 e. The molecule has 1 unspecified atom stereocenters. The third-order valence-corrected chi connectivity index (χ3v) is 4.86. The summed E-state index contributed by atoms with van der Waals surface area (Å²) in [4.78, 5) is 0. The van der Waals surface area contributed by atoms with Gasteiger partial charge in [0.2, 0.25) is 0 Å². The molecule has 0 saturated carbocycles. The zero-order valence-electron chi connectivity index (χ0n) is 10.8. The standard InChI is InChI=1S/C12H26O3S/c1-4-6-7-8-9-11-12(3,10-5-2)16(13,14)15/h4-11H2,1-3H3,(H,13,14,15). The lowest BCUT2D eigenvalue weighted by Gasteiger charge is -2.25. The van der Waals surface area contributed by atoms with E-state index in [0.29, 0.717) is 12.8 Å². The molecule has 0 aliphatic carbocycles. The van der Waals surface area contributed by atoms with Crippen LogP contribution >= 0.6 is 0 Å². The Morgan fingerprint density at radius 2 is 1.50 bits per heavy atom. The molecule has 0 spiro atoms. The van der Waals surface area contributed by atoms with Gasteiger partial charge < -0.3 is 0 Å². The lowest BCUT2D eigenvalue weighted by atomic mass is 9.97. The first kappa shape index (κ1) is 15.9. The third kappa shape index (κ3) is 5.30. The summed E-state index contributed by atoms with van der Waals surface area (Å²) in [6.45, 7) is 5.76. The molecule has 98 valence electrons. The molecule has 1 atom stereocenters. The molecule has 1 N–H and O–H groups in total. The SMILES string of the molecule is CCCCCCCC(C)(CCC)S(=O)(=O)O. The lowest BCUT2D eigenvalue weighted by molar-refractivity contribution is 0.393. The van der Waals surface area contributed by atoms with E-state index in [9.17, 15) is 13.0 Å². The molecular formula is C12H26O3S. The van der Waals surface area contributed by atoms with Crippen LogP contribution in [0.25, 0.3) is 0 Å². The smallest absolute Gasteiger partial charge is 0.270 e. The van der Waals surface area contributed by atoms with Crippen molar-refractivity contribution < 1.29 is 13.0 Å². The molecule has 16 heavy (non-hydrogen) atoms. The molecule has 4 heteroatoms. The summed E-state index contributed by atoms with van der Waals surface area (Å²) in [6.07, 6.45) is 7.39. The first-order valence-corrected chi connectivity index (χ1v) is 7.78. The number of unbranched alkanes of at least 4 members (excludes halogenated alkanes) is 4. The van der Waals surface area contributed by atoms with Crippen molar-refractivity contribution in [2.75, 3.05) is 0 Å². The van der Waals surface area contributed by atoms with Crippen LogP contribution in [-0.4, -0.2) is 17.7 Å². The highest BCUT2D eigenvalue weighted by atomic mass is 32.2. The lowest BCUT2D eigenvalue weighted by Crippen LogP contribution is -2.34. The first-order valence-electron chi connectivity index (χ1n) is 6.34. The Labute approximate surface area is 100 Å². The third-order valence-electron chi connectivity index (χ3n) is 3.21. The highest BCUT2D eigenvalue weighted by Crippen LogP contribution is 2.28. The monoisotopic (exact) mass is 250 g/mol. The van der Waals surface area contributed by atoms with E-state index in [0.717, 1.165) is 25.7 Å². The summed E-state index contributed by atoms with van der Waals surface area (Å²) in [5.74, 6) is 0. The number of hydrogen-bond donors (Lipinski definition) is 1. The fourth-order valence-electron chi connectivity index (χ4n) is 2.01. The molecule has 0 bridgehead atoms. The second kappa shape index (κ2) is 7.28. The van der Waals surface area contributed by atoms with E-state index in [4.69, 9.17) is 0 Å². The van der Waals surface area contributed by atoms with Crippen LogP contribution in [0.1, 0.15) is 72.1 Å². The van der Waals surface area contributed by atoms with Gasteiger partial charge in [0.25, 0.3) is 10.1 Å². The second-order valence-electron chi connectivity index (χ2n) is 4.84. The Balaban J connectivity index is 4.15. The molecule has 0 aliphatic heterocycles. The average Bonchev–Trinajstić information content (AvgIpc) is 2.16. The fraction of sp³-hybridized carbons (Fsp3) is 1.00. The summed E-state index contributed by atoms with van der Waals surface area (Å²) >= 11 is 0.